The van der Waals surface area contributed by atoms with Crippen molar-refractivity contribution in [2.75, 3.05) is 23.3 Å². The van der Waals surface area contributed by atoms with Crippen LogP contribution in [0, 0.1) is 0 Å². The fourth-order valence-corrected chi connectivity index (χ4v) is 3.53. The lowest BCUT2D eigenvalue weighted by Gasteiger charge is -2.28. The molecule has 3 aromatic rings. The smallest absolute Gasteiger partial charge is 0.259 e. The molecule has 0 unspecified atom stereocenters. The Morgan fingerprint density at radius 1 is 1.00 bits per heavy atom. The lowest BCUT2D eigenvalue weighted by atomic mass is 10.1. The number of aromatic amines is 1. The highest BCUT2D eigenvalue weighted by Crippen LogP contribution is 2.25. The minimum Gasteiger partial charge on any atom is -0.372 e. The topological polar surface area (TPSA) is 61.0 Å². The van der Waals surface area contributed by atoms with Crippen LogP contribution in [0.4, 0.5) is 11.4 Å². The molecule has 0 atom stereocenters. The summed E-state index contributed by atoms with van der Waals surface area (Å²) in [7, 11) is 0. The fourth-order valence-electron chi connectivity index (χ4n) is 3.40. The summed E-state index contributed by atoms with van der Waals surface area (Å²) in [5.41, 5.74) is 4.01. The van der Waals surface area contributed by atoms with E-state index in [9.17, 15) is 4.79 Å². The van der Waals surface area contributed by atoms with E-state index in [1.165, 1.54) is 24.9 Å². The summed E-state index contributed by atoms with van der Waals surface area (Å²) in [5.74, 6) is -0.195. The number of piperidine rings is 1. The molecule has 0 aliphatic carbocycles. The molecule has 4 rings (SSSR count). The fraction of sp³-hybridized carbons (Fsp3) is 0.238. The van der Waals surface area contributed by atoms with Crippen LogP contribution in [0.5, 0.6) is 0 Å². The van der Waals surface area contributed by atoms with E-state index in [2.05, 4.69) is 32.5 Å². The van der Waals surface area contributed by atoms with Gasteiger partial charge in [-0.1, -0.05) is 23.7 Å². The number of anilines is 2. The highest BCUT2D eigenvalue weighted by molar-refractivity contribution is 6.30. The van der Waals surface area contributed by atoms with Gasteiger partial charge in [0.1, 0.15) is 0 Å². The predicted molar refractivity (Wildman–Crippen MR) is 109 cm³/mol. The van der Waals surface area contributed by atoms with Crippen molar-refractivity contribution in [1.82, 2.24) is 10.2 Å². The lowest BCUT2D eigenvalue weighted by molar-refractivity contribution is 0.102. The minimum absolute atomic E-state index is 0.195. The summed E-state index contributed by atoms with van der Waals surface area (Å²) in [6.45, 7) is 2.20. The lowest BCUT2D eigenvalue weighted by Crippen LogP contribution is -2.29. The Balaban J connectivity index is 1.48. The van der Waals surface area contributed by atoms with Crippen LogP contribution in [0.2, 0.25) is 5.02 Å². The van der Waals surface area contributed by atoms with Crippen molar-refractivity contribution in [3.05, 3.63) is 65.3 Å². The van der Waals surface area contributed by atoms with Crippen LogP contribution in [0.15, 0.2) is 54.7 Å². The largest absolute Gasteiger partial charge is 0.372 e. The minimum atomic E-state index is -0.195. The summed E-state index contributed by atoms with van der Waals surface area (Å²) in [4.78, 5) is 15.1. The summed E-state index contributed by atoms with van der Waals surface area (Å²) in [6.07, 6.45) is 5.34. The molecule has 27 heavy (non-hydrogen) atoms. The van der Waals surface area contributed by atoms with Crippen molar-refractivity contribution in [3.63, 3.8) is 0 Å². The molecule has 5 nitrogen and oxygen atoms in total. The Morgan fingerprint density at radius 2 is 1.70 bits per heavy atom. The maximum Gasteiger partial charge on any atom is 0.259 e. The van der Waals surface area contributed by atoms with E-state index < -0.39 is 0 Å². The van der Waals surface area contributed by atoms with Crippen LogP contribution in [0.1, 0.15) is 29.6 Å². The number of H-pyrrole nitrogens is 1. The van der Waals surface area contributed by atoms with Gasteiger partial charge in [0.05, 0.1) is 17.5 Å². The van der Waals surface area contributed by atoms with E-state index in [0.29, 0.717) is 16.3 Å². The Labute approximate surface area is 163 Å². The Bertz CT molecular complexity index is 912. The quantitative estimate of drug-likeness (QED) is 0.671. The van der Waals surface area contributed by atoms with Crippen molar-refractivity contribution in [3.8, 4) is 11.3 Å². The highest BCUT2D eigenvalue weighted by Gasteiger charge is 2.16. The van der Waals surface area contributed by atoms with E-state index in [4.69, 9.17) is 11.6 Å². The maximum atomic E-state index is 12.7. The Hall–Kier alpha value is -2.79. The normalized spacial score (nSPS) is 14.2. The molecule has 1 amide bonds. The van der Waals surface area contributed by atoms with Gasteiger partial charge in [0.2, 0.25) is 0 Å². The summed E-state index contributed by atoms with van der Waals surface area (Å²) >= 11 is 5.94. The second kappa shape index (κ2) is 7.84. The van der Waals surface area contributed by atoms with Gasteiger partial charge < -0.3 is 10.2 Å². The maximum absolute atomic E-state index is 12.7. The van der Waals surface area contributed by atoms with Crippen LogP contribution < -0.4 is 10.2 Å². The third kappa shape index (κ3) is 3.98. The summed E-state index contributed by atoms with van der Waals surface area (Å²) in [5, 5.41) is 10.5. The zero-order chi connectivity index (χ0) is 18.6. The molecule has 1 aliphatic rings. The number of rotatable bonds is 4. The Kier molecular flexibility index (Phi) is 5.12. The van der Waals surface area contributed by atoms with Gasteiger partial charge in [-0.3, -0.25) is 9.89 Å². The molecule has 1 fully saturated rings. The van der Waals surface area contributed by atoms with Crippen LogP contribution in [-0.4, -0.2) is 29.2 Å². The number of halogens is 1. The van der Waals surface area contributed by atoms with Crippen LogP contribution in [-0.2, 0) is 0 Å². The molecule has 2 aromatic carbocycles. The average molecular weight is 381 g/mol. The first-order valence-corrected chi connectivity index (χ1v) is 9.54. The van der Waals surface area contributed by atoms with E-state index in [1.54, 1.807) is 18.3 Å². The standard InChI is InChI=1S/C21H21ClN4O/c22-16-6-4-15(5-7-16)20-19(14-23-25-20)21(27)24-17-8-10-18(11-9-17)26-12-2-1-3-13-26/h4-11,14H,1-3,12-13H2,(H,23,25)(H,24,27). The first kappa shape index (κ1) is 17.6. The second-order valence-corrected chi connectivity index (χ2v) is 7.15. The molecule has 0 radical (unpaired) electrons. The molecule has 138 valence electrons. The van der Waals surface area contributed by atoms with Gasteiger partial charge in [0.15, 0.2) is 0 Å². The van der Waals surface area contributed by atoms with Gasteiger partial charge in [0, 0.05) is 35.1 Å². The van der Waals surface area contributed by atoms with E-state index >= 15 is 0 Å². The number of nitrogens with one attached hydrogen (secondary N) is 2. The molecular weight excluding hydrogens is 360 g/mol. The molecule has 1 saturated heterocycles. The molecule has 0 bridgehead atoms. The van der Waals surface area contributed by atoms with Gasteiger partial charge >= 0.3 is 0 Å². The third-order valence-corrected chi connectivity index (χ3v) is 5.12. The second-order valence-electron chi connectivity index (χ2n) is 6.71. The van der Waals surface area contributed by atoms with E-state index in [1.807, 2.05) is 24.3 Å². The van der Waals surface area contributed by atoms with Crippen LogP contribution >= 0.6 is 11.6 Å². The molecule has 1 aliphatic heterocycles. The van der Waals surface area contributed by atoms with E-state index in [-0.39, 0.29) is 5.91 Å². The Morgan fingerprint density at radius 3 is 2.41 bits per heavy atom. The van der Waals surface area contributed by atoms with Crippen LogP contribution in [0.25, 0.3) is 11.3 Å². The van der Waals surface area contributed by atoms with E-state index in [0.717, 1.165) is 24.3 Å². The number of aromatic nitrogens is 2. The number of carbonyl (C=O) groups excluding carboxylic acids is 1. The summed E-state index contributed by atoms with van der Waals surface area (Å²) in [6, 6.07) is 15.3. The van der Waals surface area contributed by atoms with Gasteiger partial charge in [-0.05, 0) is 55.7 Å². The number of nitrogens with zero attached hydrogens (tertiary/aromatic N) is 2. The van der Waals surface area contributed by atoms with Gasteiger partial charge in [-0.2, -0.15) is 5.10 Å². The SMILES string of the molecule is O=C(Nc1ccc(N2CCCCC2)cc1)c1cn[nH]c1-c1ccc(Cl)cc1. The third-order valence-electron chi connectivity index (χ3n) is 4.86. The molecule has 0 saturated carbocycles. The van der Waals surface area contributed by atoms with Gasteiger partial charge in [0.25, 0.3) is 5.91 Å². The molecular formula is C21H21ClN4O. The highest BCUT2D eigenvalue weighted by atomic mass is 35.5. The zero-order valence-corrected chi connectivity index (χ0v) is 15.7. The van der Waals surface area contributed by atoms with Crippen molar-refractivity contribution in [2.24, 2.45) is 0 Å². The number of carbonyl (C=O) groups is 1. The van der Waals surface area contributed by atoms with Gasteiger partial charge in [-0.25, -0.2) is 0 Å². The predicted octanol–water partition coefficient (Wildman–Crippen LogP) is 4.97. The molecule has 2 heterocycles. The van der Waals surface area contributed by atoms with Gasteiger partial charge in [-0.15, -0.1) is 0 Å². The summed E-state index contributed by atoms with van der Waals surface area (Å²) < 4.78 is 0. The zero-order valence-electron chi connectivity index (χ0n) is 14.9. The number of hydrogen-bond acceptors (Lipinski definition) is 3. The first-order chi connectivity index (χ1) is 13.2. The average Bonchev–Trinajstić information content (AvgIpc) is 3.20. The molecule has 0 spiro atoms. The van der Waals surface area contributed by atoms with Crippen LogP contribution in [0.3, 0.4) is 0 Å². The molecule has 1 aromatic heterocycles. The van der Waals surface area contributed by atoms with Crippen molar-refractivity contribution < 1.29 is 4.79 Å². The molecule has 6 heteroatoms. The monoisotopic (exact) mass is 380 g/mol. The van der Waals surface area contributed by atoms with Crippen molar-refractivity contribution in [1.29, 1.82) is 0 Å². The number of hydrogen-bond donors (Lipinski definition) is 2. The van der Waals surface area contributed by atoms with Crippen molar-refractivity contribution in [2.45, 2.75) is 19.3 Å². The molecule has 2 N–H and O–H groups in total. The number of amides is 1. The number of benzene rings is 2. The van der Waals surface area contributed by atoms with Crippen molar-refractivity contribution >= 4 is 28.9 Å². The first-order valence-electron chi connectivity index (χ1n) is 9.16.